The lowest BCUT2D eigenvalue weighted by atomic mass is 10.1. The van der Waals surface area contributed by atoms with Crippen molar-refractivity contribution in [3.8, 4) is 0 Å². The third kappa shape index (κ3) is 3.33. The molecule has 0 spiro atoms. The normalized spacial score (nSPS) is 14.8. The maximum Gasteiger partial charge on any atom is 0.325 e. The van der Waals surface area contributed by atoms with Crippen molar-refractivity contribution >= 4 is 19.4 Å². The Labute approximate surface area is 116 Å². The first-order valence-corrected chi connectivity index (χ1v) is 8.20. The molecule has 1 aromatic carbocycles. The van der Waals surface area contributed by atoms with Gasteiger partial charge in [0.1, 0.15) is 0 Å². The summed E-state index contributed by atoms with van der Waals surface area (Å²) in [6, 6.07) is 6.69. The van der Waals surface area contributed by atoms with Gasteiger partial charge >= 0.3 is 7.60 Å². The fourth-order valence-corrected chi connectivity index (χ4v) is 2.84. The molecule has 6 nitrogen and oxygen atoms in total. The minimum absolute atomic E-state index is 0.158. The Morgan fingerprint density at radius 2 is 1.50 bits per heavy atom. The molecule has 0 unspecified atom stereocenters. The van der Waals surface area contributed by atoms with E-state index in [1.807, 2.05) is 0 Å². The number of benzene rings is 1. The first kappa shape index (κ1) is 14.9. The van der Waals surface area contributed by atoms with Crippen LogP contribution in [-0.2, 0) is 4.57 Å². The van der Waals surface area contributed by atoms with Crippen LogP contribution in [0.3, 0.4) is 0 Å². The first-order valence-electron chi connectivity index (χ1n) is 6.40. The fourth-order valence-electron chi connectivity index (χ4n) is 2.21. The average molecular weight is 297 g/mol. The van der Waals surface area contributed by atoms with Gasteiger partial charge in [-0.3, -0.25) is 19.1 Å². The van der Waals surface area contributed by atoms with Gasteiger partial charge in [0.25, 0.3) is 11.8 Å². The van der Waals surface area contributed by atoms with Crippen molar-refractivity contribution in [3.63, 3.8) is 0 Å². The SMILES string of the molecule is O=C1c2ccccc2C(=O)N1CCCCCP(=O)(O)O. The molecule has 0 aliphatic carbocycles. The average Bonchev–Trinajstić information content (AvgIpc) is 2.62. The van der Waals surface area contributed by atoms with Gasteiger partial charge in [0, 0.05) is 12.7 Å². The third-order valence-corrected chi connectivity index (χ3v) is 4.11. The fraction of sp³-hybridized carbons (Fsp3) is 0.385. The van der Waals surface area contributed by atoms with Crippen molar-refractivity contribution in [2.45, 2.75) is 19.3 Å². The van der Waals surface area contributed by atoms with Gasteiger partial charge in [-0.05, 0) is 25.0 Å². The Morgan fingerprint density at radius 3 is 2.00 bits per heavy atom. The molecular formula is C13H16NO5P. The van der Waals surface area contributed by atoms with Gasteiger partial charge in [0.15, 0.2) is 0 Å². The Bertz CT molecular complexity index is 545. The molecule has 0 fully saturated rings. The van der Waals surface area contributed by atoms with Crippen LogP contribution in [0.4, 0.5) is 0 Å². The van der Waals surface area contributed by atoms with Crippen LogP contribution < -0.4 is 0 Å². The van der Waals surface area contributed by atoms with Gasteiger partial charge in [-0.2, -0.15) is 0 Å². The van der Waals surface area contributed by atoms with E-state index in [0.717, 1.165) is 0 Å². The molecule has 0 aromatic heterocycles. The molecule has 0 atom stereocenters. The van der Waals surface area contributed by atoms with Gasteiger partial charge in [0.05, 0.1) is 11.1 Å². The second-order valence-corrected chi connectivity index (χ2v) is 6.53. The summed E-state index contributed by atoms with van der Waals surface area (Å²) in [4.78, 5) is 42.7. The van der Waals surface area contributed by atoms with E-state index in [1.54, 1.807) is 24.3 Å². The standard InChI is InChI=1S/C13H16NO5P/c15-12-10-6-2-3-7-11(10)13(16)14(12)8-4-1-5-9-20(17,18)19/h2-3,6-7H,1,4-5,8-9H2,(H2,17,18,19). The smallest absolute Gasteiger partial charge is 0.324 e. The lowest BCUT2D eigenvalue weighted by Gasteiger charge is -2.13. The molecule has 2 N–H and O–H groups in total. The quantitative estimate of drug-likeness (QED) is 0.473. The van der Waals surface area contributed by atoms with Crippen LogP contribution in [0.1, 0.15) is 40.0 Å². The molecule has 2 amide bonds. The Hall–Kier alpha value is -1.49. The van der Waals surface area contributed by atoms with Gasteiger partial charge in [-0.25, -0.2) is 0 Å². The van der Waals surface area contributed by atoms with E-state index >= 15 is 0 Å². The van der Waals surface area contributed by atoms with Crippen LogP contribution in [0.25, 0.3) is 0 Å². The zero-order valence-corrected chi connectivity index (χ0v) is 11.8. The zero-order valence-electron chi connectivity index (χ0n) is 10.9. The van der Waals surface area contributed by atoms with Crippen LogP contribution in [-0.4, -0.2) is 39.2 Å². The molecular weight excluding hydrogens is 281 g/mol. The van der Waals surface area contributed by atoms with Crippen molar-refractivity contribution in [3.05, 3.63) is 35.4 Å². The molecule has 0 saturated carbocycles. The topological polar surface area (TPSA) is 94.9 Å². The van der Waals surface area contributed by atoms with Crippen molar-refractivity contribution < 1.29 is 23.9 Å². The summed E-state index contributed by atoms with van der Waals surface area (Å²) in [6.45, 7) is 0.285. The number of carbonyl (C=O) groups excluding carboxylic acids is 2. The Morgan fingerprint density at radius 1 is 0.950 bits per heavy atom. The van der Waals surface area contributed by atoms with Gasteiger partial charge < -0.3 is 9.79 Å². The molecule has 108 valence electrons. The predicted octanol–water partition coefficient (Wildman–Crippen LogP) is 1.63. The number of hydrogen-bond donors (Lipinski definition) is 2. The van der Waals surface area contributed by atoms with Crippen LogP contribution in [0, 0.1) is 0 Å². The van der Waals surface area contributed by atoms with E-state index in [1.165, 1.54) is 4.90 Å². The van der Waals surface area contributed by atoms with Crippen LogP contribution >= 0.6 is 7.60 Å². The number of fused-ring (bicyclic) bond motifs is 1. The maximum absolute atomic E-state index is 12.0. The van der Waals surface area contributed by atoms with E-state index in [-0.39, 0.29) is 24.5 Å². The highest BCUT2D eigenvalue weighted by molar-refractivity contribution is 7.51. The van der Waals surface area contributed by atoms with Crippen molar-refractivity contribution in [1.82, 2.24) is 4.90 Å². The second kappa shape index (κ2) is 5.87. The highest BCUT2D eigenvalue weighted by Crippen LogP contribution is 2.35. The maximum atomic E-state index is 12.0. The summed E-state index contributed by atoms with van der Waals surface area (Å²) in [7, 11) is -3.95. The number of amides is 2. The molecule has 0 saturated heterocycles. The molecule has 2 rings (SSSR count). The molecule has 1 heterocycles. The minimum Gasteiger partial charge on any atom is -0.324 e. The summed E-state index contributed by atoms with van der Waals surface area (Å²) < 4.78 is 10.7. The summed E-state index contributed by atoms with van der Waals surface area (Å²) in [5, 5.41) is 0. The summed E-state index contributed by atoms with van der Waals surface area (Å²) >= 11 is 0. The molecule has 1 aromatic rings. The monoisotopic (exact) mass is 297 g/mol. The summed E-state index contributed by atoms with van der Waals surface area (Å²) in [6.07, 6.45) is 1.34. The molecule has 20 heavy (non-hydrogen) atoms. The highest BCUT2D eigenvalue weighted by atomic mass is 31.2. The number of unbranched alkanes of at least 4 members (excludes halogenated alkanes) is 2. The molecule has 0 radical (unpaired) electrons. The first-order chi connectivity index (χ1) is 9.40. The van der Waals surface area contributed by atoms with Gasteiger partial charge in [-0.15, -0.1) is 0 Å². The van der Waals surface area contributed by atoms with Crippen LogP contribution in [0.2, 0.25) is 0 Å². The van der Waals surface area contributed by atoms with E-state index in [0.29, 0.717) is 30.4 Å². The van der Waals surface area contributed by atoms with E-state index in [9.17, 15) is 14.2 Å². The predicted molar refractivity (Wildman–Crippen MR) is 72.6 cm³/mol. The molecule has 1 aliphatic rings. The molecule has 0 bridgehead atoms. The van der Waals surface area contributed by atoms with Gasteiger partial charge in [0.2, 0.25) is 0 Å². The van der Waals surface area contributed by atoms with Crippen LogP contribution in [0.5, 0.6) is 0 Å². The molecule has 7 heteroatoms. The van der Waals surface area contributed by atoms with Crippen LogP contribution in [0.15, 0.2) is 24.3 Å². The number of carbonyl (C=O) groups is 2. The highest BCUT2D eigenvalue weighted by Gasteiger charge is 2.34. The van der Waals surface area contributed by atoms with Crippen molar-refractivity contribution in [1.29, 1.82) is 0 Å². The molecule has 1 aliphatic heterocycles. The zero-order chi connectivity index (χ0) is 14.8. The minimum atomic E-state index is -3.95. The van der Waals surface area contributed by atoms with E-state index in [2.05, 4.69) is 0 Å². The van der Waals surface area contributed by atoms with E-state index in [4.69, 9.17) is 9.79 Å². The van der Waals surface area contributed by atoms with Crippen molar-refractivity contribution in [2.75, 3.05) is 12.7 Å². The third-order valence-electron chi connectivity index (χ3n) is 3.21. The largest absolute Gasteiger partial charge is 0.325 e. The van der Waals surface area contributed by atoms with E-state index < -0.39 is 7.60 Å². The number of rotatable bonds is 6. The lowest BCUT2D eigenvalue weighted by Crippen LogP contribution is -2.30. The Kier molecular flexibility index (Phi) is 4.38. The number of imide groups is 1. The lowest BCUT2D eigenvalue weighted by molar-refractivity contribution is 0.0651. The Balaban J connectivity index is 1.85. The van der Waals surface area contributed by atoms with Gasteiger partial charge in [-0.1, -0.05) is 18.6 Å². The number of nitrogens with zero attached hydrogens (tertiary/aromatic N) is 1. The van der Waals surface area contributed by atoms with Crippen molar-refractivity contribution in [2.24, 2.45) is 0 Å². The summed E-state index contributed by atoms with van der Waals surface area (Å²) in [5.41, 5.74) is 0.848. The second-order valence-electron chi connectivity index (χ2n) is 4.76. The summed E-state index contributed by atoms with van der Waals surface area (Å²) in [5.74, 6) is -0.582. The number of hydrogen-bond acceptors (Lipinski definition) is 3.